The lowest BCUT2D eigenvalue weighted by Gasteiger charge is -2.34. The summed E-state index contributed by atoms with van der Waals surface area (Å²) in [5, 5.41) is 6.11. The quantitative estimate of drug-likeness (QED) is 0.405. The fourth-order valence-electron chi connectivity index (χ4n) is 4.24. The third-order valence-corrected chi connectivity index (χ3v) is 8.34. The van der Waals surface area contributed by atoms with Crippen LogP contribution in [0.5, 0.6) is 0 Å². The van der Waals surface area contributed by atoms with E-state index in [0.717, 1.165) is 43.1 Å². The number of rotatable bonds is 8. The summed E-state index contributed by atoms with van der Waals surface area (Å²) in [7, 11) is -1.29. The number of nitrogens with zero attached hydrogens (tertiary/aromatic N) is 4. The molecule has 0 amide bonds. The van der Waals surface area contributed by atoms with Crippen LogP contribution in [0.15, 0.2) is 48.5 Å². The number of sulfonamides is 1. The van der Waals surface area contributed by atoms with Gasteiger partial charge in [-0.25, -0.2) is 13.4 Å². The van der Waals surface area contributed by atoms with E-state index in [1.54, 1.807) is 32.0 Å². The molecule has 0 aliphatic carbocycles. The zero-order chi connectivity index (χ0) is 26.0. The van der Waals surface area contributed by atoms with Gasteiger partial charge >= 0.3 is 0 Å². The summed E-state index contributed by atoms with van der Waals surface area (Å²) < 4.78 is 32.8. The average Bonchev–Trinajstić information content (AvgIpc) is 3.34. The van der Waals surface area contributed by atoms with Crippen LogP contribution in [-0.4, -0.2) is 61.8 Å². The number of nitrogens with one attached hydrogen (secondary N) is 3. The molecule has 1 saturated heterocycles. The van der Waals surface area contributed by atoms with Crippen LogP contribution in [0.3, 0.4) is 0 Å². The van der Waals surface area contributed by atoms with Crippen molar-refractivity contribution in [2.75, 3.05) is 53.5 Å². The highest BCUT2D eigenvalue weighted by atomic mass is 32.2. The lowest BCUT2D eigenvalue weighted by Crippen LogP contribution is -2.44. The van der Waals surface area contributed by atoms with E-state index in [0.29, 0.717) is 36.4 Å². The third kappa shape index (κ3) is 5.95. The molecule has 3 aromatic rings. The number of fused-ring (bicyclic) bond motifs is 1. The molecule has 0 saturated carbocycles. The van der Waals surface area contributed by atoms with Crippen molar-refractivity contribution in [1.82, 2.24) is 14.9 Å². The smallest absolute Gasteiger partial charge is 0.235 e. The highest BCUT2D eigenvalue weighted by Crippen LogP contribution is 2.30. The molecule has 3 heterocycles. The van der Waals surface area contributed by atoms with Crippen LogP contribution in [0.25, 0.3) is 0 Å². The van der Waals surface area contributed by atoms with Crippen LogP contribution in [0, 0.1) is 0 Å². The number of likely N-dealkylation sites (N-methyl/N-ethyl adjacent to an activating group) is 1. The topological polar surface area (TPSA) is 112 Å². The first kappa shape index (κ1) is 25.2. The second-order valence-electron chi connectivity index (χ2n) is 9.68. The van der Waals surface area contributed by atoms with E-state index in [1.165, 1.54) is 5.69 Å². The molecule has 0 spiro atoms. The van der Waals surface area contributed by atoms with E-state index >= 15 is 0 Å². The van der Waals surface area contributed by atoms with Gasteiger partial charge in [-0.1, -0.05) is 6.07 Å². The highest BCUT2D eigenvalue weighted by molar-refractivity contribution is 7.93. The second kappa shape index (κ2) is 10.5. The number of aromatic nitrogens is 2. The van der Waals surface area contributed by atoms with E-state index in [4.69, 9.17) is 9.72 Å². The number of piperazine rings is 1. The third-order valence-electron chi connectivity index (χ3n) is 6.58. The molecule has 2 aliphatic rings. The molecular formula is C26H33N7O3S. The Bertz CT molecular complexity index is 1360. The van der Waals surface area contributed by atoms with Gasteiger partial charge in [-0.2, -0.15) is 4.98 Å². The van der Waals surface area contributed by atoms with Crippen LogP contribution >= 0.6 is 0 Å². The minimum atomic E-state index is -3.44. The van der Waals surface area contributed by atoms with Gasteiger partial charge in [-0.15, -0.1) is 0 Å². The molecule has 1 fully saturated rings. The first-order valence-electron chi connectivity index (χ1n) is 12.4. The highest BCUT2D eigenvalue weighted by Gasteiger charge is 2.21. The Balaban J connectivity index is 1.33. The Labute approximate surface area is 218 Å². The summed E-state index contributed by atoms with van der Waals surface area (Å²) in [4.78, 5) is 14.1. The van der Waals surface area contributed by atoms with Crippen LogP contribution < -0.4 is 20.3 Å². The molecule has 196 valence electrons. The normalized spacial score (nSPS) is 16.1. The van der Waals surface area contributed by atoms with E-state index in [9.17, 15) is 8.42 Å². The number of anilines is 6. The molecule has 37 heavy (non-hydrogen) atoms. The fraction of sp³-hybridized carbons (Fsp3) is 0.385. The van der Waals surface area contributed by atoms with E-state index in [1.807, 2.05) is 18.2 Å². The summed E-state index contributed by atoms with van der Waals surface area (Å²) in [5.74, 6) is 1.10. The van der Waals surface area contributed by atoms with Gasteiger partial charge in [0, 0.05) is 48.8 Å². The Hall–Kier alpha value is -3.41. The first-order valence-corrected chi connectivity index (χ1v) is 14.0. The second-order valence-corrected chi connectivity index (χ2v) is 11.9. The van der Waals surface area contributed by atoms with Crippen molar-refractivity contribution in [3.8, 4) is 0 Å². The molecule has 1 aromatic heterocycles. The maximum Gasteiger partial charge on any atom is 0.235 e. The molecule has 0 atom stereocenters. The van der Waals surface area contributed by atoms with Crippen LogP contribution in [0.4, 0.5) is 34.5 Å². The van der Waals surface area contributed by atoms with Crippen molar-refractivity contribution in [3.05, 3.63) is 59.8 Å². The molecule has 10 nitrogen and oxygen atoms in total. The molecule has 2 aromatic carbocycles. The molecule has 0 unspecified atom stereocenters. The van der Waals surface area contributed by atoms with Crippen molar-refractivity contribution >= 4 is 44.5 Å². The van der Waals surface area contributed by atoms with Crippen molar-refractivity contribution in [2.45, 2.75) is 32.3 Å². The Morgan fingerprint density at radius 3 is 2.35 bits per heavy atom. The molecule has 11 heteroatoms. The molecule has 5 rings (SSSR count). The Kier molecular flexibility index (Phi) is 7.18. The molecule has 0 bridgehead atoms. The number of hydrogen-bond acceptors (Lipinski definition) is 9. The van der Waals surface area contributed by atoms with E-state index < -0.39 is 15.3 Å². The zero-order valence-electron chi connectivity index (χ0n) is 21.4. The summed E-state index contributed by atoms with van der Waals surface area (Å²) in [6, 6.07) is 15.4. The van der Waals surface area contributed by atoms with Gasteiger partial charge in [-0.05, 0) is 63.4 Å². The number of benzene rings is 2. The predicted molar refractivity (Wildman–Crippen MR) is 147 cm³/mol. The Morgan fingerprint density at radius 2 is 1.62 bits per heavy atom. The van der Waals surface area contributed by atoms with Crippen molar-refractivity contribution in [3.63, 3.8) is 0 Å². The van der Waals surface area contributed by atoms with Gasteiger partial charge in [0.15, 0.2) is 0 Å². The minimum Gasteiger partial charge on any atom is -0.370 e. The number of hydrogen-bond donors (Lipinski definition) is 3. The standard InChI is InChI=1S/C26H33N7O3S/c1-18(2)37(34,35)31-21-6-4-5-20(15-21)27-25-23-16-36-17-24(23)29-26(30-25)28-19-7-9-22(10-8-19)33-13-11-32(3)12-14-33/h4-10,15,18,31H,11-14,16-17H2,1-3H3,(H2,27,28,29,30). The molecule has 0 radical (unpaired) electrons. The molecular weight excluding hydrogens is 490 g/mol. The fourth-order valence-corrected chi connectivity index (χ4v) is 4.93. The van der Waals surface area contributed by atoms with Crippen molar-refractivity contribution < 1.29 is 13.2 Å². The largest absolute Gasteiger partial charge is 0.370 e. The summed E-state index contributed by atoms with van der Waals surface area (Å²) in [6.07, 6.45) is 0. The van der Waals surface area contributed by atoms with Gasteiger partial charge in [0.2, 0.25) is 16.0 Å². The van der Waals surface area contributed by atoms with E-state index in [-0.39, 0.29) is 0 Å². The van der Waals surface area contributed by atoms with Gasteiger partial charge in [-0.3, -0.25) is 4.72 Å². The van der Waals surface area contributed by atoms with Gasteiger partial charge in [0.1, 0.15) is 5.82 Å². The van der Waals surface area contributed by atoms with Gasteiger partial charge < -0.3 is 25.2 Å². The van der Waals surface area contributed by atoms with Gasteiger partial charge in [0.25, 0.3) is 0 Å². The minimum absolute atomic E-state index is 0.414. The molecule has 3 N–H and O–H groups in total. The summed E-state index contributed by atoms with van der Waals surface area (Å²) in [5.41, 5.74) is 5.01. The van der Waals surface area contributed by atoms with Gasteiger partial charge in [0.05, 0.1) is 29.8 Å². The van der Waals surface area contributed by atoms with Crippen LogP contribution in [0.1, 0.15) is 25.1 Å². The maximum atomic E-state index is 12.3. The van der Waals surface area contributed by atoms with Crippen LogP contribution in [0.2, 0.25) is 0 Å². The van der Waals surface area contributed by atoms with Crippen molar-refractivity contribution in [1.29, 1.82) is 0 Å². The first-order chi connectivity index (χ1) is 17.8. The van der Waals surface area contributed by atoms with E-state index in [2.05, 4.69) is 49.3 Å². The lowest BCUT2D eigenvalue weighted by atomic mass is 10.2. The number of ether oxygens (including phenoxy) is 1. The van der Waals surface area contributed by atoms with Crippen molar-refractivity contribution in [2.24, 2.45) is 0 Å². The summed E-state index contributed by atoms with van der Waals surface area (Å²) >= 11 is 0. The zero-order valence-corrected chi connectivity index (χ0v) is 22.2. The maximum absolute atomic E-state index is 12.3. The molecule has 2 aliphatic heterocycles. The predicted octanol–water partition coefficient (Wildman–Crippen LogP) is 3.90. The SMILES string of the molecule is CC(C)S(=O)(=O)Nc1cccc(Nc2nc(Nc3ccc(N4CCN(C)CC4)cc3)nc3c2COC3)c1. The average molecular weight is 524 g/mol. The Morgan fingerprint density at radius 1 is 0.892 bits per heavy atom. The monoisotopic (exact) mass is 523 g/mol. The summed E-state index contributed by atoms with van der Waals surface area (Å²) in [6.45, 7) is 8.28. The van der Waals surface area contributed by atoms with Crippen LogP contribution in [-0.2, 0) is 28.0 Å². The lowest BCUT2D eigenvalue weighted by molar-refractivity contribution is 0.133.